The van der Waals surface area contributed by atoms with Gasteiger partial charge in [0.25, 0.3) is 0 Å². The van der Waals surface area contributed by atoms with Gasteiger partial charge in [0.15, 0.2) is 5.78 Å². The molecule has 130 valence electrons. The number of hydrogen-bond donors (Lipinski definition) is 1. The van der Waals surface area contributed by atoms with Gasteiger partial charge in [-0.2, -0.15) is 0 Å². The molecule has 3 rings (SSSR count). The average Bonchev–Trinajstić information content (AvgIpc) is 3.06. The molecule has 2 unspecified atom stereocenters. The number of carbonyl (C=O) groups excluding carboxylic acids is 2. The standard InChI is InChI=1S/C20H28N2O2/c1-14-9-10-22(18(11-14)13-21)20(24)8-7-19(23)17-6-5-15-3-2-4-16(15)12-17/h5-6,12,14,18H,2-4,7-11,13,21H2,1H3. The number of nitrogens with two attached hydrogens (primary N) is 1. The molecule has 1 aliphatic heterocycles. The number of hydrogen-bond acceptors (Lipinski definition) is 3. The van der Waals surface area contributed by atoms with Gasteiger partial charge in [-0.1, -0.05) is 19.1 Å². The van der Waals surface area contributed by atoms with Crippen LogP contribution in [0.4, 0.5) is 0 Å². The number of aryl methyl sites for hydroxylation is 2. The molecule has 1 aromatic rings. The molecule has 0 saturated carbocycles. The first-order valence-corrected chi connectivity index (χ1v) is 9.23. The van der Waals surface area contributed by atoms with Crippen LogP contribution in [0.25, 0.3) is 0 Å². The van der Waals surface area contributed by atoms with E-state index in [1.54, 1.807) is 0 Å². The Hall–Kier alpha value is -1.68. The zero-order chi connectivity index (χ0) is 17.1. The molecule has 1 amide bonds. The molecule has 0 spiro atoms. The Morgan fingerprint density at radius 3 is 2.79 bits per heavy atom. The van der Waals surface area contributed by atoms with Crippen LogP contribution in [0.3, 0.4) is 0 Å². The van der Waals surface area contributed by atoms with Crippen molar-refractivity contribution < 1.29 is 9.59 Å². The molecule has 1 aromatic carbocycles. The molecule has 4 nitrogen and oxygen atoms in total. The molecule has 1 aliphatic carbocycles. The number of rotatable bonds is 5. The molecule has 1 heterocycles. The number of nitrogens with zero attached hydrogens (tertiary/aromatic N) is 1. The van der Waals surface area contributed by atoms with Gasteiger partial charge in [0.2, 0.25) is 5.91 Å². The molecular weight excluding hydrogens is 300 g/mol. The van der Waals surface area contributed by atoms with Crippen molar-refractivity contribution in [1.82, 2.24) is 4.90 Å². The number of ketones is 1. The third-order valence-corrected chi connectivity index (χ3v) is 5.56. The van der Waals surface area contributed by atoms with Gasteiger partial charge in [0, 0.05) is 37.5 Å². The fraction of sp³-hybridized carbons (Fsp3) is 0.600. The Kier molecular flexibility index (Phi) is 5.34. The molecule has 24 heavy (non-hydrogen) atoms. The van der Waals surface area contributed by atoms with Crippen molar-refractivity contribution in [3.05, 3.63) is 34.9 Å². The van der Waals surface area contributed by atoms with Gasteiger partial charge in [0.05, 0.1) is 0 Å². The predicted octanol–water partition coefficient (Wildman–Crippen LogP) is 2.72. The van der Waals surface area contributed by atoms with Crippen molar-refractivity contribution in [3.8, 4) is 0 Å². The summed E-state index contributed by atoms with van der Waals surface area (Å²) in [5, 5.41) is 0. The summed E-state index contributed by atoms with van der Waals surface area (Å²) in [5.74, 6) is 0.773. The minimum Gasteiger partial charge on any atom is -0.338 e. The van der Waals surface area contributed by atoms with Crippen LogP contribution in [0.5, 0.6) is 0 Å². The highest BCUT2D eigenvalue weighted by Crippen LogP contribution is 2.25. The van der Waals surface area contributed by atoms with Crippen molar-refractivity contribution in [1.29, 1.82) is 0 Å². The first-order chi connectivity index (χ1) is 11.6. The van der Waals surface area contributed by atoms with Crippen LogP contribution >= 0.6 is 0 Å². The van der Waals surface area contributed by atoms with Crippen LogP contribution in [0, 0.1) is 5.92 Å². The zero-order valence-electron chi connectivity index (χ0n) is 14.6. The zero-order valence-corrected chi connectivity index (χ0v) is 14.6. The molecule has 0 bridgehead atoms. The second kappa shape index (κ2) is 7.47. The van der Waals surface area contributed by atoms with E-state index in [0.29, 0.717) is 25.3 Å². The van der Waals surface area contributed by atoms with Gasteiger partial charge in [-0.15, -0.1) is 0 Å². The second-order valence-electron chi connectivity index (χ2n) is 7.37. The van der Waals surface area contributed by atoms with E-state index in [4.69, 9.17) is 5.73 Å². The Labute approximate surface area is 144 Å². The maximum absolute atomic E-state index is 12.5. The summed E-state index contributed by atoms with van der Waals surface area (Å²) in [5.41, 5.74) is 9.26. The maximum atomic E-state index is 12.5. The third kappa shape index (κ3) is 3.69. The van der Waals surface area contributed by atoms with Crippen molar-refractivity contribution in [2.45, 2.75) is 57.9 Å². The molecule has 0 radical (unpaired) electrons. The van der Waals surface area contributed by atoms with E-state index in [1.807, 2.05) is 17.0 Å². The van der Waals surface area contributed by atoms with Gasteiger partial charge < -0.3 is 10.6 Å². The van der Waals surface area contributed by atoms with Gasteiger partial charge >= 0.3 is 0 Å². The van der Waals surface area contributed by atoms with Crippen molar-refractivity contribution in [2.24, 2.45) is 11.7 Å². The predicted molar refractivity (Wildman–Crippen MR) is 95.0 cm³/mol. The highest BCUT2D eigenvalue weighted by atomic mass is 16.2. The summed E-state index contributed by atoms with van der Waals surface area (Å²) in [7, 11) is 0. The highest BCUT2D eigenvalue weighted by Gasteiger charge is 2.28. The molecule has 2 N–H and O–H groups in total. The molecule has 0 aromatic heterocycles. The maximum Gasteiger partial charge on any atom is 0.223 e. The molecule has 1 saturated heterocycles. The van der Waals surface area contributed by atoms with E-state index in [1.165, 1.54) is 17.5 Å². The summed E-state index contributed by atoms with van der Waals surface area (Å²) in [4.78, 5) is 26.9. The lowest BCUT2D eigenvalue weighted by atomic mass is 9.92. The van der Waals surface area contributed by atoms with E-state index >= 15 is 0 Å². The number of fused-ring (bicyclic) bond motifs is 1. The van der Waals surface area contributed by atoms with Crippen LogP contribution in [-0.4, -0.2) is 35.7 Å². The molecule has 4 heteroatoms. The Morgan fingerprint density at radius 1 is 1.21 bits per heavy atom. The topological polar surface area (TPSA) is 63.4 Å². The van der Waals surface area contributed by atoms with E-state index in [0.717, 1.165) is 37.8 Å². The Balaban J connectivity index is 1.56. The van der Waals surface area contributed by atoms with Crippen LogP contribution in [0.2, 0.25) is 0 Å². The lowest BCUT2D eigenvalue weighted by Crippen LogP contribution is -2.49. The van der Waals surface area contributed by atoms with Crippen molar-refractivity contribution >= 4 is 11.7 Å². The molecule has 2 aliphatic rings. The fourth-order valence-corrected chi connectivity index (χ4v) is 4.06. The van der Waals surface area contributed by atoms with Crippen molar-refractivity contribution in [2.75, 3.05) is 13.1 Å². The van der Waals surface area contributed by atoms with Crippen LogP contribution in [0.15, 0.2) is 18.2 Å². The van der Waals surface area contributed by atoms with E-state index in [-0.39, 0.29) is 17.7 Å². The number of amides is 1. The average molecular weight is 328 g/mol. The highest BCUT2D eigenvalue weighted by molar-refractivity contribution is 5.98. The number of piperidine rings is 1. The number of Topliss-reactive ketones (excluding diaryl/α,β-unsaturated/α-hetero) is 1. The number of benzene rings is 1. The summed E-state index contributed by atoms with van der Waals surface area (Å²) in [6.45, 7) is 3.49. The lowest BCUT2D eigenvalue weighted by molar-refractivity contribution is -0.135. The van der Waals surface area contributed by atoms with Gasteiger partial charge in [0.1, 0.15) is 0 Å². The molecule has 2 atom stereocenters. The minimum atomic E-state index is 0.0758. The smallest absolute Gasteiger partial charge is 0.223 e. The van der Waals surface area contributed by atoms with Crippen LogP contribution < -0.4 is 5.73 Å². The SMILES string of the molecule is CC1CCN(C(=O)CCC(=O)c2ccc3c(c2)CCC3)C(CN)C1. The normalized spacial score (nSPS) is 23.2. The van der Waals surface area contributed by atoms with E-state index in [9.17, 15) is 9.59 Å². The fourth-order valence-electron chi connectivity index (χ4n) is 4.06. The minimum absolute atomic E-state index is 0.0758. The van der Waals surface area contributed by atoms with Crippen LogP contribution in [0.1, 0.15) is 60.5 Å². The Morgan fingerprint density at radius 2 is 2.00 bits per heavy atom. The summed E-state index contributed by atoms with van der Waals surface area (Å²) in [6.07, 6.45) is 5.96. The first kappa shape index (κ1) is 17.2. The van der Waals surface area contributed by atoms with Crippen molar-refractivity contribution in [3.63, 3.8) is 0 Å². The lowest BCUT2D eigenvalue weighted by Gasteiger charge is -2.38. The second-order valence-corrected chi connectivity index (χ2v) is 7.37. The summed E-state index contributed by atoms with van der Waals surface area (Å²) < 4.78 is 0. The van der Waals surface area contributed by atoms with Gasteiger partial charge in [-0.25, -0.2) is 0 Å². The Bertz CT molecular complexity index is 626. The quantitative estimate of drug-likeness (QED) is 0.845. The van der Waals surface area contributed by atoms with Crippen LogP contribution in [-0.2, 0) is 17.6 Å². The molecule has 1 fully saturated rings. The summed E-state index contributed by atoms with van der Waals surface area (Å²) in [6, 6.07) is 6.16. The van der Waals surface area contributed by atoms with Gasteiger partial charge in [-0.3, -0.25) is 9.59 Å². The largest absolute Gasteiger partial charge is 0.338 e. The monoisotopic (exact) mass is 328 g/mol. The van der Waals surface area contributed by atoms with Gasteiger partial charge in [-0.05, 0) is 55.2 Å². The number of likely N-dealkylation sites (tertiary alicyclic amines) is 1. The molecular formula is C20H28N2O2. The van der Waals surface area contributed by atoms with E-state index in [2.05, 4.69) is 13.0 Å². The van der Waals surface area contributed by atoms with E-state index < -0.39 is 0 Å². The first-order valence-electron chi connectivity index (χ1n) is 9.23. The summed E-state index contributed by atoms with van der Waals surface area (Å²) >= 11 is 0. The third-order valence-electron chi connectivity index (χ3n) is 5.56. The number of carbonyl (C=O) groups is 2.